The second-order valence-electron chi connectivity index (χ2n) is 10.3. The summed E-state index contributed by atoms with van der Waals surface area (Å²) < 4.78 is 28.0. The first kappa shape index (κ1) is 37.6. The first-order valence-electron chi connectivity index (χ1n) is 15.0. The number of amides is 3. The SMILES string of the molecule is CCOC(=O)C1=C(C)NC(=O)N[C@H]1c1ccc(OCC(=O)N/N=C\c2cc(Br)c(Oc3ccc([N+](=O)[O-])cc3[N+](=O)[O-])c(OCC)c2)c(OC)c1. The monoisotopic (exact) mass is 770 g/mol. The largest absolute Gasteiger partial charge is 0.493 e. The summed E-state index contributed by atoms with van der Waals surface area (Å²) in [6.45, 7) is 4.85. The van der Waals surface area contributed by atoms with Crippen LogP contribution in [0.15, 0.2) is 69.4 Å². The number of hydrogen-bond acceptors (Lipinski definition) is 13. The minimum atomic E-state index is -0.830. The van der Waals surface area contributed by atoms with Crippen LogP contribution in [0, 0.1) is 20.2 Å². The number of nitro groups is 2. The molecule has 4 rings (SSSR count). The zero-order chi connectivity index (χ0) is 37.2. The maximum absolute atomic E-state index is 12.6. The standard InChI is InChI=1S/C32H31BrN6O12/c1-5-48-26-12-18(11-21(33)30(26)51-23-10-8-20(38(43)44)14-22(23)39(45)46)15-34-37-27(40)16-50-24-9-7-19(13-25(24)47-4)29-28(31(41)49-6-2)17(3)35-32(42)36-29/h7-15,29H,5-6,16H2,1-4H3,(H,37,40)(H2,35,36,42)/b34-15-/t29-/m0/s1. The summed E-state index contributed by atoms with van der Waals surface area (Å²) in [6.07, 6.45) is 1.31. The van der Waals surface area contributed by atoms with Crippen LogP contribution < -0.4 is 35.0 Å². The highest BCUT2D eigenvalue weighted by Crippen LogP contribution is 2.43. The summed E-state index contributed by atoms with van der Waals surface area (Å²) in [7, 11) is 1.39. The van der Waals surface area contributed by atoms with Gasteiger partial charge in [-0.3, -0.25) is 25.0 Å². The van der Waals surface area contributed by atoms with Gasteiger partial charge in [0.15, 0.2) is 29.6 Å². The fourth-order valence-corrected chi connectivity index (χ4v) is 5.28. The third-order valence-electron chi connectivity index (χ3n) is 6.94. The van der Waals surface area contributed by atoms with Gasteiger partial charge in [-0.2, -0.15) is 5.10 Å². The van der Waals surface area contributed by atoms with Crippen LogP contribution >= 0.6 is 15.9 Å². The first-order valence-corrected chi connectivity index (χ1v) is 15.8. The molecule has 0 bridgehead atoms. The van der Waals surface area contributed by atoms with Gasteiger partial charge in [-0.15, -0.1) is 0 Å². The summed E-state index contributed by atoms with van der Waals surface area (Å²) in [4.78, 5) is 58.5. The van der Waals surface area contributed by atoms with Crippen molar-refractivity contribution >= 4 is 51.4 Å². The van der Waals surface area contributed by atoms with Crippen LogP contribution in [0.2, 0.25) is 0 Å². The van der Waals surface area contributed by atoms with Gasteiger partial charge in [-0.05, 0) is 78.2 Å². The molecule has 0 saturated heterocycles. The molecule has 0 spiro atoms. The van der Waals surface area contributed by atoms with E-state index in [4.69, 9.17) is 23.7 Å². The maximum atomic E-state index is 12.6. The first-order chi connectivity index (χ1) is 24.4. The lowest BCUT2D eigenvalue weighted by Gasteiger charge is -2.28. The highest BCUT2D eigenvalue weighted by Gasteiger charge is 2.33. The number of hydrazone groups is 1. The zero-order valence-electron chi connectivity index (χ0n) is 27.5. The zero-order valence-corrected chi connectivity index (χ0v) is 29.1. The van der Waals surface area contributed by atoms with E-state index in [0.29, 0.717) is 21.3 Å². The molecule has 0 unspecified atom stereocenters. The van der Waals surface area contributed by atoms with Crippen LogP contribution in [-0.4, -0.2) is 60.9 Å². The minimum absolute atomic E-state index is 0.0640. The van der Waals surface area contributed by atoms with E-state index in [1.54, 1.807) is 39.0 Å². The fourth-order valence-electron chi connectivity index (χ4n) is 4.74. The lowest BCUT2D eigenvalue weighted by atomic mass is 9.95. The number of esters is 1. The molecular weight excluding hydrogens is 740 g/mol. The number of nitrogens with one attached hydrogen (secondary N) is 3. The molecule has 0 aliphatic carbocycles. The quantitative estimate of drug-likeness (QED) is 0.0785. The van der Waals surface area contributed by atoms with Gasteiger partial charge in [0.05, 0.1) is 58.5 Å². The van der Waals surface area contributed by atoms with E-state index in [-0.39, 0.29) is 47.5 Å². The average Bonchev–Trinajstić information content (AvgIpc) is 3.08. The van der Waals surface area contributed by atoms with Gasteiger partial charge >= 0.3 is 17.7 Å². The predicted molar refractivity (Wildman–Crippen MR) is 183 cm³/mol. The molecule has 3 aromatic rings. The van der Waals surface area contributed by atoms with Crippen molar-refractivity contribution in [3.63, 3.8) is 0 Å². The Bertz CT molecular complexity index is 1930. The highest BCUT2D eigenvalue weighted by molar-refractivity contribution is 9.10. The Hall–Kier alpha value is -6.24. The molecule has 1 aliphatic rings. The summed E-state index contributed by atoms with van der Waals surface area (Å²) in [6, 6.07) is 9.40. The number of non-ortho nitro benzene ring substituents is 1. The van der Waals surface area contributed by atoms with Gasteiger partial charge in [0.25, 0.3) is 11.6 Å². The van der Waals surface area contributed by atoms with E-state index in [1.165, 1.54) is 25.5 Å². The van der Waals surface area contributed by atoms with Gasteiger partial charge in [-0.1, -0.05) is 6.07 Å². The normalized spacial score (nSPS) is 13.9. The molecule has 18 nitrogen and oxygen atoms in total. The Kier molecular flexibility index (Phi) is 12.5. The third kappa shape index (κ3) is 9.26. The van der Waals surface area contributed by atoms with Crippen molar-refractivity contribution in [2.24, 2.45) is 5.10 Å². The number of rotatable bonds is 15. The second-order valence-corrected chi connectivity index (χ2v) is 11.2. The molecule has 51 heavy (non-hydrogen) atoms. The van der Waals surface area contributed by atoms with Crippen LogP contribution in [0.25, 0.3) is 0 Å². The Morgan fingerprint density at radius 1 is 0.980 bits per heavy atom. The van der Waals surface area contributed by atoms with Crippen molar-refractivity contribution < 1.29 is 47.9 Å². The van der Waals surface area contributed by atoms with E-state index in [9.17, 15) is 34.6 Å². The van der Waals surface area contributed by atoms with E-state index in [2.05, 4.69) is 37.1 Å². The predicted octanol–water partition coefficient (Wildman–Crippen LogP) is 5.19. The number of allylic oxidation sites excluding steroid dienone is 1. The Balaban J connectivity index is 1.44. The molecule has 1 atom stereocenters. The molecule has 1 heterocycles. The number of halogens is 1. The van der Waals surface area contributed by atoms with Gasteiger partial charge in [0, 0.05) is 11.8 Å². The topological polar surface area (TPSA) is 232 Å². The highest BCUT2D eigenvalue weighted by atomic mass is 79.9. The summed E-state index contributed by atoms with van der Waals surface area (Å²) in [5.41, 5.74) is 2.75. The number of benzene rings is 3. The number of ether oxygens (including phenoxy) is 5. The number of carbonyl (C=O) groups excluding carboxylic acids is 3. The molecule has 268 valence electrons. The fraction of sp³-hybridized carbons (Fsp3) is 0.250. The molecule has 3 aromatic carbocycles. The molecule has 3 N–H and O–H groups in total. The Morgan fingerprint density at radius 2 is 1.73 bits per heavy atom. The van der Waals surface area contributed by atoms with Gasteiger partial charge in [-0.25, -0.2) is 15.0 Å². The molecule has 19 heteroatoms. The molecule has 0 saturated carbocycles. The minimum Gasteiger partial charge on any atom is -0.493 e. The van der Waals surface area contributed by atoms with E-state index < -0.39 is 51.8 Å². The van der Waals surface area contributed by atoms with E-state index >= 15 is 0 Å². The van der Waals surface area contributed by atoms with E-state index in [1.807, 2.05) is 0 Å². The van der Waals surface area contributed by atoms with Crippen LogP contribution in [0.1, 0.15) is 37.9 Å². The van der Waals surface area contributed by atoms with Gasteiger partial charge in [0.2, 0.25) is 5.75 Å². The number of nitrogens with zero attached hydrogens (tertiary/aromatic N) is 3. The van der Waals surface area contributed by atoms with E-state index in [0.717, 1.165) is 18.2 Å². The molecule has 0 radical (unpaired) electrons. The number of nitro benzene ring substituents is 2. The van der Waals surface area contributed by atoms with Gasteiger partial charge in [0.1, 0.15) is 0 Å². The Labute approximate surface area is 298 Å². The lowest BCUT2D eigenvalue weighted by molar-refractivity contribution is -0.394. The molecular formula is C32H31BrN6O12. The van der Waals surface area contributed by atoms with Crippen molar-refractivity contribution in [2.75, 3.05) is 26.9 Å². The van der Waals surface area contributed by atoms with Crippen LogP contribution in [0.4, 0.5) is 16.2 Å². The van der Waals surface area contributed by atoms with Crippen LogP contribution in [0.5, 0.6) is 28.7 Å². The van der Waals surface area contributed by atoms with Gasteiger partial charge < -0.3 is 34.3 Å². The van der Waals surface area contributed by atoms with Crippen molar-refractivity contribution in [3.8, 4) is 28.7 Å². The smallest absolute Gasteiger partial charge is 0.338 e. The second kappa shape index (κ2) is 16.9. The Morgan fingerprint density at radius 3 is 2.39 bits per heavy atom. The summed E-state index contributed by atoms with van der Waals surface area (Å²) in [5.74, 6) is -0.813. The number of carbonyl (C=O) groups is 3. The number of urea groups is 1. The molecule has 3 amide bonds. The number of methoxy groups -OCH3 is 1. The summed E-state index contributed by atoms with van der Waals surface area (Å²) in [5, 5.41) is 31.9. The van der Waals surface area contributed by atoms with Crippen molar-refractivity contribution in [3.05, 3.63) is 95.6 Å². The van der Waals surface area contributed by atoms with Crippen LogP contribution in [0.3, 0.4) is 0 Å². The molecule has 0 fully saturated rings. The van der Waals surface area contributed by atoms with Crippen molar-refractivity contribution in [2.45, 2.75) is 26.8 Å². The average molecular weight is 772 g/mol. The van der Waals surface area contributed by atoms with Crippen molar-refractivity contribution in [1.29, 1.82) is 0 Å². The summed E-state index contributed by atoms with van der Waals surface area (Å²) >= 11 is 3.35. The van der Waals surface area contributed by atoms with Crippen LogP contribution in [-0.2, 0) is 14.3 Å². The third-order valence-corrected chi connectivity index (χ3v) is 7.53. The molecule has 0 aromatic heterocycles. The lowest BCUT2D eigenvalue weighted by Crippen LogP contribution is -2.45. The number of hydrogen-bond donors (Lipinski definition) is 3. The maximum Gasteiger partial charge on any atom is 0.338 e. The molecule has 1 aliphatic heterocycles. The van der Waals surface area contributed by atoms with Crippen molar-refractivity contribution in [1.82, 2.24) is 16.1 Å².